The van der Waals surface area contributed by atoms with Gasteiger partial charge in [0.1, 0.15) is 0 Å². The highest BCUT2D eigenvalue weighted by Gasteiger charge is 2.17. The normalized spacial score (nSPS) is 10.8. The fourth-order valence-corrected chi connectivity index (χ4v) is 2.05. The van der Waals surface area contributed by atoms with Crippen molar-refractivity contribution in [3.63, 3.8) is 0 Å². The first kappa shape index (κ1) is 15.9. The maximum Gasteiger partial charge on any atom is 0.336 e. The fraction of sp³-hybridized carbons (Fsp3) is 0.462. The van der Waals surface area contributed by atoms with E-state index in [1.165, 1.54) is 12.1 Å². The van der Waals surface area contributed by atoms with Crippen LogP contribution < -0.4 is 4.90 Å². The predicted octanol–water partition coefficient (Wildman–Crippen LogP) is 3.15. The van der Waals surface area contributed by atoms with E-state index < -0.39 is 11.8 Å². The van der Waals surface area contributed by atoms with Crippen LogP contribution in [0.4, 0.5) is 10.1 Å². The monoisotopic (exact) mass is 333 g/mol. The number of carboxylic acid groups (broad SMARTS) is 1. The minimum absolute atomic E-state index is 0.0332. The van der Waals surface area contributed by atoms with Gasteiger partial charge in [-0.3, -0.25) is 0 Å². The molecule has 0 aliphatic heterocycles. The molecule has 0 aromatic heterocycles. The van der Waals surface area contributed by atoms with E-state index in [1.807, 2.05) is 13.8 Å². The van der Waals surface area contributed by atoms with Gasteiger partial charge in [-0.25, -0.2) is 9.18 Å². The van der Waals surface area contributed by atoms with Gasteiger partial charge in [0.05, 0.1) is 28.4 Å². The summed E-state index contributed by atoms with van der Waals surface area (Å²) in [6.45, 7) is 4.86. The maximum atomic E-state index is 14.1. The lowest BCUT2D eigenvalue weighted by atomic mass is 10.2. The molecule has 0 atom stereocenters. The Labute approximate surface area is 120 Å². The van der Waals surface area contributed by atoms with Gasteiger partial charge in [0.25, 0.3) is 0 Å². The Kier molecular flexibility index (Phi) is 5.75. The van der Waals surface area contributed by atoms with Crippen molar-refractivity contribution < 1.29 is 19.0 Å². The summed E-state index contributed by atoms with van der Waals surface area (Å²) < 4.78 is 19.4. The average Bonchev–Trinajstić information content (AvgIpc) is 2.31. The molecule has 4 nitrogen and oxygen atoms in total. The Hall–Kier alpha value is -1.14. The average molecular weight is 334 g/mol. The predicted molar refractivity (Wildman–Crippen MR) is 75.4 cm³/mol. The summed E-state index contributed by atoms with van der Waals surface area (Å²) in [5.74, 6) is -1.74. The van der Waals surface area contributed by atoms with Gasteiger partial charge in [-0.05, 0) is 41.9 Å². The number of hydrogen-bond acceptors (Lipinski definition) is 3. The van der Waals surface area contributed by atoms with Crippen molar-refractivity contribution in [2.75, 3.05) is 25.1 Å². The minimum atomic E-state index is -1.16. The fourth-order valence-electron chi connectivity index (χ4n) is 1.55. The zero-order chi connectivity index (χ0) is 14.6. The number of likely N-dealkylation sites (N-methyl/N-ethyl adjacent to an activating group) is 1. The van der Waals surface area contributed by atoms with E-state index in [4.69, 9.17) is 9.84 Å². The number of nitrogens with zero attached hydrogens (tertiary/aromatic N) is 1. The molecule has 0 amide bonds. The highest BCUT2D eigenvalue weighted by atomic mass is 79.9. The zero-order valence-electron chi connectivity index (χ0n) is 11.1. The highest BCUT2D eigenvalue weighted by Crippen LogP contribution is 2.28. The lowest BCUT2D eigenvalue weighted by molar-refractivity contribution is 0.0695. The SMILES string of the molecule is CC(C)OCCN(C)c1ccc(C(=O)O)c(Br)c1F. The van der Waals surface area contributed by atoms with Crippen molar-refractivity contribution in [1.29, 1.82) is 0 Å². The molecule has 0 bridgehead atoms. The van der Waals surface area contributed by atoms with Crippen LogP contribution in [-0.2, 0) is 4.74 Å². The Morgan fingerprint density at radius 1 is 1.53 bits per heavy atom. The van der Waals surface area contributed by atoms with Crippen LogP contribution >= 0.6 is 15.9 Å². The molecule has 1 N–H and O–H groups in total. The molecule has 19 heavy (non-hydrogen) atoms. The summed E-state index contributed by atoms with van der Waals surface area (Å²) in [5.41, 5.74) is 0.248. The first-order chi connectivity index (χ1) is 8.84. The van der Waals surface area contributed by atoms with E-state index in [0.717, 1.165) is 0 Å². The number of halogens is 2. The van der Waals surface area contributed by atoms with E-state index in [2.05, 4.69) is 15.9 Å². The summed E-state index contributed by atoms with van der Waals surface area (Å²) in [5, 5.41) is 8.89. The maximum absolute atomic E-state index is 14.1. The van der Waals surface area contributed by atoms with Crippen molar-refractivity contribution in [2.45, 2.75) is 20.0 Å². The summed E-state index contributed by atoms with van der Waals surface area (Å²) in [6.07, 6.45) is 0.124. The van der Waals surface area contributed by atoms with Crippen LogP contribution in [0.2, 0.25) is 0 Å². The molecule has 0 saturated heterocycles. The Morgan fingerprint density at radius 3 is 2.68 bits per heavy atom. The molecule has 0 saturated carbocycles. The molecule has 1 rings (SSSR count). The first-order valence-electron chi connectivity index (χ1n) is 5.88. The van der Waals surface area contributed by atoms with Crippen LogP contribution in [0, 0.1) is 5.82 Å². The minimum Gasteiger partial charge on any atom is -0.478 e. The van der Waals surface area contributed by atoms with Gasteiger partial charge in [-0.2, -0.15) is 0 Å². The Bertz CT molecular complexity index is 465. The van der Waals surface area contributed by atoms with Crippen LogP contribution in [0.5, 0.6) is 0 Å². The molecular weight excluding hydrogens is 317 g/mol. The summed E-state index contributed by atoms with van der Waals surface area (Å²) in [6, 6.07) is 2.84. The number of aromatic carboxylic acids is 1. The third-order valence-corrected chi connectivity index (χ3v) is 3.36. The van der Waals surface area contributed by atoms with Gasteiger partial charge >= 0.3 is 5.97 Å². The van der Waals surface area contributed by atoms with Gasteiger partial charge in [-0.1, -0.05) is 0 Å². The molecular formula is C13H17BrFNO3. The number of anilines is 1. The van der Waals surface area contributed by atoms with E-state index in [1.54, 1.807) is 11.9 Å². The van der Waals surface area contributed by atoms with Crippen LogP contribution in [0.25, 0.3) is 0 Å². The largest absolute Gasteiger partial charge is 0.478 e. The number of benzene rings is 1. The molecule has 0 radical (unpaired) electrons. The van der Waals surface area contributed by atoms with Gasteiger partial charge in [0, 0.05) is 13.6 Å². The molecule has 1 aromatic rings. The third kappa shape index (κ3) is 4.18. The Balaban J connectivity index is 2.84. The quantitative estimate of drug-likeness (QED) is 0.868. The van der Waals surface area contributed by atoms with Gasteiger partial charge in [0.2, 0.25) is 0 Å². The second-order valence-electron chi connectivity index (χ2n) is 4.41. The number of ether oxygens (including phenoxy) is 1. The van der Waals surface area contributed by atoms with Crippen LogP contribution in [0.3, 0.4) is 0 Å². The van der Waals surface area contributed by atoms with Gasteiger partial charge in [0.15, 0.2) is 5.82 Å². The second kappa shape index (κ2) is 6.86. The van der Waals surface area contributed by atoms with E-state index in [9.17, 15) is 9.18 Å². The smallest absolute Gasteiger partial charge is 0.336 e. The van der Waals surface area contributed by atoms with Gasteiger partial charge in [-0.15, -0.1) is 0 Å². The zero-order valence-corrected chi connectivity index (χ0v) is 12.7. The highest BCUT2D eigenvalue weighted by molar-refractivity contribution is 9.10. The first-order valence-corrected chi connectivity index (χ1v) is 6.68. The standard InChI is InChI=1S/C13H17BrFNO3/c1-8(2)19-7-6-16(3)10-5-4-9(13(17)18)11(14)12(10)15/h4-5,8H,6-7H2,1-3H3,(H,17,18). The van der Waals surface area contributed by atoms with E-state index >= 15 is 0 Å². The van der Waals surface area contributed by atoms with Crippen LogP contribution in [0.15, 0.2) is 16.6 Å². The lowest BCUT2D eigenvalue weighted by Gasteiger charge is -2.21. The molecule has 0 heterocycles. The second-order valence-corrected chi connectivity index (χ2v) is 5.20. The molecule has 1 aromatic carbocycles. The number of carbonyl (C=O) groups is 1. The summed E-state index contributed by atoms with van der Waals surface area (Å²) >= 11 is 2.98. The van der Waals surface area contributed by atoms with Crippen molar-refractivity contribution >= 4 is 27.6 Å². The molecule has 0 aliphatic rings. The van der Waals surface area contributed by atoms with Crippen molar-refractivity contribution in [2.24, 2.45) is 0 Å². The molecule has 0 unspecified atom stereocenters. The van der Waals surface area contributed by atoms with Crippen molar-refractivity contribution in [1.82, 2.24) is 0 Å². The topological polar surface area (TPSA) is 49.8 Å². The molecule has 6 heteroatoms. The number of rotatable bonds is 6. The third-order valence-electron chi connectivity index (χ3n) is 2.58. The van der Waals surface area contributed by atoms with Crippen LogP contribution in [0.1, 0.15) is 24.2 Å². The molecule has 0 fully saturated rings. The molecule has 0 spiro atoms. The Morgan fingerprint density at radius 2 is 2.16 bits per heavy atom. The lowest BCUT2D eigenvalue weighted by Crippen LogP contribution is -2.25. The summed E-state index contributed by atoms with van der Waals surface area (Å²) in [7, 11) is 1.73. The number of carboxylic acids is 1. The molecule has 106 valence electrons. The summed E-state index contributed by atoms with van der Waals surface area (Å²) in [4.78, 5) is 12.6. The number of hydrogen-bond donors (Lipinski definition) is 1. The van der Waals surface area contributed by atoms with Crippen molar-refractivity contribution in [3.05, 3.63) is 28.0 Å². The van der Waals surface area contributed by atoms with Crippen LogP contribution in [-0.4, -0.2) is 37.4 Å². The van der Waals surface area contributed by atoms with Gasteiger partial charge < -0.3 is 14.7 Å². The van der Waals surface area contributed by atoms with E-state index in [-0.39, 0.29) is 16.1 Å². The molecule has 0 aliphatic carbocycles. The van der Waals surface area contributed by atoms with Crippen molar-refractivity contribution in [3.8, 4) is 0 Å². The van der Waals surface area contributed by atoms with E-state index in [0.29, 0.717) is 18.8 Å².